The molecule has 0 aromatic heterocycles. The maximum absolute atomic E-state index is 12.5. The van der Waals surface area contributed by atoms with E-state index >= 15 is 0 Å². The van der Waals surface area contributed by atoms with Gasteiger partial charge >= 0.3 is 11.9 Å². The average Bonchev–Trinajstić information content (AvgIpc) is 2.82. The minimum absolute atomic E-state index is 0.111. The lowest BCUT2D eigenvalue weighted by atomic mass is 9.74. The van der Waals surface area contributed by atoms with Crippen LogP contribution in [0, 0.1) is 0 Å². The molecule has 6 nitrogen and oxygen atoms in total. The Labute approximate surface area is 128 Å². The summed E-state index contributed by atoms with van der Waals surface area (Å²) in [6.07, 6.45) is 0.803. The maximum Gasteiger partial charge on any atom is 0.305 e. The van der Waals surface area contributed by atoms with Crippen LogP contribution in [0.3, 0.4) is 0 Å². The van der Waals surface area contributed by atoms with Gasteiger partial charge in [0, 0.05) is 18.5 Å². The molecule has 0 atom stereocenters. The number of rotatable bonds is 6. The van der Waals surface area contributed by atoms with E-state index in [9.17, 15) is 14.4 Å². The number of fused-ring (bicyclic) bond motifs is 1. The van der Waals surface area contributed by atoms with Crippen LogP contribution in [0.2, 0.25) is 0 Å². The van der Waals surface area contributed by atoms with E-state index in [1.807, 2.05) is 24.3 Å². The van der Waals surface area contributed by atoms with Gasteiger partial charge in [-0.05, 0) is 24.5 Å². The van der Waals surface area contributed by atoms with Crippen molar-refractivity contribution < 1.29 is 23.9 Å². The number of methoxy groups -OCH3 is 2. The van der Waals surface area contributed by atoms with Crippen molar-refractivity contribution in [2.75, 3.05) is 19.5 Å². The van der Waals surface area contributed by atoms with E-state index in [4.69, 9.17) is 0 Å². The number of carbonyl (C=O) groups is 3. The number of amides is 1. The minimum Gasteiger partial charge on any atom is -0.469 e. The molecule has 0 bridgehead atoms. The van der Waals surface area contributed by atoms with E-state index in [1.165, 1.54) is 14.2 Å². The second kappa shape index (κ2) is 6.60. The van der Waals surface area contributed by atoms with Crippen molar-refractivity contribution in [3.8, 4) is 0 Å². The molecule has 1 heterocycles. The smallest absolute Gasteiger partial charge is 0.305 e. The van der Waals surface area contributed by atoms with Crippen LogP contribution in [-0.4, -0.2) is 32.1 Å². The van der Waals surface area contributed by atoms with Crippen LogP contribution in [-0.2, 0) is 29.3 Å². The predicted octanol–water partition coefficient (Wildman–Crippen LogP) is 1.78. The maximum atomic E-state index is 12.5. The minimum atomic E-state index is -0.904. The molecule has 0 aliphatic carbocycles. The fraction of sp³-hybridized carbons (Fsp3) is 0.438. The Bertz CT molecular complexity index is 576. The van der Waals surface area contributed by atoms with E-state index in [0.717, 1.165) is 11.3 Å². The standard InChI is InChI=1S/C16H19NO5/c1-21-13(18)7-9-16(10-8-14(19)22-2)11-5-3-4-6-12(11)17-15(16)20/h3-6H,7-10H2,1-2H3,(H,17,20). The zero-order valence-corrected chi connectivity index (χ0v) is 12.7. The van der Waals surface area contributed by atoms with E-state index in [-0.39, 0.29) is 30.7 Å². The zero-order valence-electron chi connectivity index (χ0n) is 12.7. The van der Waals surface area contributed by atoms with Crippen molar-refractivity contribution in [2.24, 2.45) is 0 Å². The number of para-hydroxylation sites is 1. The molecular formula is C16H19NO5. The molecule has 1 aliphatic rings. The van der Waals surface area contributed by atoms with Crippen LogP contribution in [0.4, 0.5) is 5.69 Å². The summed E-state index contributed by atoms with van der Waals surface area (Å²) in [6, 6.07) is 7.33. The molecule has 0 saturated heterocycles. The highest BCUT2D eigenvalue weighted by molar-refractivity contribution is 6.06. The molecule has 2 rings (SSSR count). The van der Waals surface area contributed by atoms with Crippen LogP contribution in [0.5, 0.6) is 0 Å². The van der Waals surface area contributed by atoms with E-state index < -0.39 is 5.41 Å². The van der Waals surface area contributed by atoms with Crippen molar-refractivity contribution in [2.45, 2.75) is 31.1 Å². The molecule has 0 saturated carbocycles. The SMILES string of the molecule is COC(=O)CCC1(CCC(=O)OC)C(=O)Nc2ccccc21. The molecule has 22 heavy (non-hydrogen) atoms. The normalized spacial score (nSPS) is 14.9. The van der Waals surface area contributed by atoms with E-state index in [2.05, 4.69) is 14.8 Å². The van der Waals surface area contributed by atoms with Gasteiger partial charge in [-0.1, -0.05) is 18.2 Å². The Kier molecular flexibility index (Phi) is 4.80. The van der Waals surface area contributed by atoms with E-state index in [1.54, 1.807) is 0 Å². The molecule has 118 valence electrons. The van der Waals surface area contributed by atoms with Gasteiger partial charge in [0.05, 0.1) is 19.6 Å². The summed E-state index contributed by atoms with van der Waals surface area (Å²) in [5.74, 6) is -0.953. The first-order valence-corrected chi connectivity index (χ1v) is 7.08. The van der Waals surface area contributed by atoms with Crippen LogP contribution in [0.15, 0.2) is 24.3 Å². The van der Waals surface area contributed by atoms with Crippen LogP contribution in [0.25, 0.3) is 0 Å². The van der Waals surface area contributed by atoms with Crippen molar-refractivity contribution in [1.82, 2.24) is 0 Å². The number of ether oxygens (including phenoxy) is 2. The van der Waals surface area contributed by atoms with Crippen molar-refractivity contribution in [3.63, 3.8) is 0 Å². The fourth-order valence-electron chi connectivity index (χ4n) is 2.83. The summed E-state index contributed by atoms with van der Waals surface area (Å²) in [7, 11) is 2.62. The quantitative estimate of drug-likeness (QED) is 0.810. The van der Waals surface area contributed by atoms with Crippen molar-refractivity contribution in [1.29, 1.82) is 0 Å². The summed E-state index contributed by atoms with van der Waals surface area (Å²) < 4.78 is 9.33. The first-order chi connectivity index (χ1) is 10.5. The Morgan fingerprint density at radius 2 is 1.59 bits per heavy atom. The molecule has 1 aliphatic heterocycles. The molecule has 0 unspecified atom stereocenters. The molecule has 0 radical (unpaired) electrons. The predicted molar refractivity (Wildman–Crippen MR) is 79.2 cm³/mol. The lowest BCUT2D eigenvalue weighted by Crippen LogP contribution is -2.36. The molecule has 0 fully saturated rings. The van der Waals surface area contributed by atoms with Crippen molar-refractivity contribution in [3.05, 3.63) is 29.8 Å². The molecule has 1 amide bonds. The van der Waals surface area contributed by atoms with Crippen LogP contribution < -0.4 is 5.32 Å². The Balaban J connectivity index is 2.30. The third-order valence-corrected chi connectivity index (χ3v) is 4.09. The number of hydrogen-bond donors (Lipinski definition) is 1. The van der Waals surface area contributed by atoms with Gasteiger partial charge in [0.25, 0.3) is 0 Å². The first kappa shape index (κ1) is 16.0. The first-order valence-electron chi connectivity index (χ1n) is 7.08. The molecule has 1 N–H and O–H groups in total. The molecule has 1 aromatic rings. The van der Waals surface area contributed by atoms with Gasteiger partial charge in [-0.3, -0.25) is 14.4 Å². The fourth-order valence-corrected chi connectivity index (χ4v) is 2.83. The monoisotopic (exact) mass is 305 g/mol. The molecule has 1 aromatic carbocycles. The van der Waals surface area contributed by atoms with Gasteiger partial charge in [0.15, 0.2) is 0 Å². The Morgan fingerprint density at radius 3 is 2.14 bits per heavy atom. The highest BCUT2D eigenvalue weighted by Gasteiger charge is 2.46. The number of hydrogen-bond acceptors (Lipinski definition) is 5. The third-order valence-electron chi connectivity index (χ3n) is 4.09. The number of anilines is 1. The average molecular weight is 305 g/mol. The highest BCUT2D eigenvalue weighted by atomic mass is 16.5. The Morgan fingerprint density at radius 1 is 1.05 bits per heavy atom. The van der Waals surface area contributed by atoms with Gasteiger partial charge < -0.3 is 14.8 Å². The molecule has 0 spiro atoms. The van der Waals surface area contributed by atoms with Gasteiger partial charge in [0.2, 0.25) is 5.91 Å². The Hall–Kier alpha value is -2.37. The summed E-state index contributed by atoms with van der Waals surface area (Å²) >= 11 is 0. The number of nitrogens with one attached hydrogen (secondary N) is 1. The third kappa shape index (κ3) is 2.95. The number of benzene rings is 1. The lowest BCUT2D eigenvalue weighted by molar-refractivity contribution is -0.141. The lowest BCUT2D eigenvalue weighted by Gasteiger charge is -2.26. The van der Waals surface area contributed by atoms with Gasteiger partial charge in [0.1, 0.15) is 0 Å². The van der Waals surface area contributed by atoms with Gasteiger partial charge in [-0.25, -0.2) is 0 Å². The second-order valence-corrected chi connectivity index (χ2v) is 5.23. The van der Waals surface area contributed by atoms with Crippen molar-refractivity contribution >= 4 is 23.5 Å². The molecule has 6 heteroatoms. The topological polar surface area (TPSA) is 81.7 Å². The summed E-state index contributed by atoms with van der Waals surface area (Å²) in [6.45, 7) is 0. The van der Waals surface area contributed by atoms with Crippen LogP contribution in [0.1, 0.15) is 31.2 Å². The largest absolute Gasteiger partial charge is 0.469 e. The highest BCUT2D eigenvalue weighted by Crippen LogP contribution is 2.44. The number of carbonyl (C=O) groups excluding carboxylic acids is 3. The van der Waals surface area contributed by atoms with Gasteiger partial charge in [-0.2, -0.15) is 0 Å². The van der Waals surface area contributed by atoms with E-state index in [0.29, 0.717) is 12.8 Å². The summed E-state index contributed by atoms with van der Waals surface area (Å²) in [5.41, 5.74) is 0.633. The second-order valence-electron chi connectivity index (χ2n) is 5.23. The van der Waals surface area contributed by atoms with Gasteiger partial charge in [-0.15, -0.1) is 0 Å². The molecular weight excluding hydrogens is 286 g/mol. The summed E-state index contributed by atoms with van der Waals surface area (Å²) in [5, 5.41) is 2.83. The van der Waals surface area contributed by atoms with Crippen LogP contribution >= 0.6 is 0 Å². The summed E-state index contributed by atoms with van der Waals surface area (Å²) in [4.78, 5) is 35.5. The zero-order chi connectivity index (χ0) is 16.2. The number of esters is 2.